The molecule has 4 aliphatic rings. The van der Waals surface area contributed by atoms with E-state index in [9.17, 15) is 14.4 Å². The highest BCUT2D eigenvalue weighted by Gasteiger charge is 2.72. The zero-order valence-electron chi connectivity index (χ0n) is 24.6. The van der Waals surface area contributed by atoms with E-state index in [2.05, 4.69) is 10.6 Å². The largest absolute Gasteiger partial charge is 0.457 e. The summed E-state index contributed by atoms with van der Waals surface area (Å²) in [5.41, 5.74) is 0.497. The van der Waals surface area contributed by atoms with Crippen molar-refractivity contribution in [2.45, 2.75) is 62.3 Å². The number of fused-ring (bicyclic) bond motifs is 1. The number of amides is 3. The Hall–Kier alpha value is -4.43. The molecule has 44 heavy (non-hydrogen) atoms. The molecule has 5 atom stereocenters. The fourth-order valence-electron chi connectivity index (χ4n) is 7.39. The van der Waals surface area contributed by atoms with Crippen molar-refractivity contribution in [1.29, 1.82) is 0 Å². The summed E-state index contributed by atoms with van der Waals surface area (Å²) in [6.45, 7) is 0.364. The molecule has 0 aromatic heterocycles. The van der Waals surface area contributed by atoms with Crippen LogP contribution in [-0.4, -0.2) is 53.0 Å². The molecule has 8 heteroatoms. The van der Waals surface area contributed by atoms with Crippen LogP contribution < -0.4 is 15.4 Å². The van der Waals surface area contributed by atoms with Crippen LogP contribution in [0.2, 0.25) is 0 Å². The van der Waals surface area contributed by atoms with Gasteiger partial charge in [0.15, 0.2) is 0 Å². The lowest BCUT2D eigenvalue weighted by Gasteiger charge is -2.34. The van der Waals surface area contributed by atoms with Crippen LogP contribution in [0.15, 0.2) is 97.1 Å². The lowest BCUT2D eigenvalue weighted by molar-refractivity contribution is -0.141. The number of hydrogen-bond donors (Lipinski definition) is 2. The van der Waals surface area contributed by atoms with Crippen molar-refractivity contribution < 1.29 is 23.9 Å². The molecule has 1 saturated carbocycles. The third-order valence-electron chi connectivity index (χ3n) is 9.46. The Labute approximate surface area is 257 Å². The van der Waals surface area contributed by atoms with Gasteiger partial charge in [-0.25, -0.2) is 0 Å². The first-order valence-corrected chi connectivity index (χ1v) is 15.7. The second-order valence-corrected chi connectivity index (χ2v) is 12.2. The molecule has 8 nitrogen and oxygen atoms in total. The van der Waals surface area contributed by atoms with Crippen molar-refractivity contribution in [3.8, 4) is 11.5 Å². The Kier molecular flexibility index (Phi) is 7.68. The third-order valence-corrected chi connectivity index (χ3v) is 9.46. The predicted molar refractivity (Wildman–Crippen MR) is 166 cm³/mol. The minimum absolute atomic E-state index is 0.0910. The molecule has 3 aromatic carbocycles. The molecule has 0 radical (unpaired) electrons. The Morgan fingerprint density at radius 2 is 1.55 bits per heavy atom. The van der Waals surface area contributed by atoms with Crippen LogP contribution in [0.25, 0.3) is 0 Å². The minimum Gasteiger partial charge on any atom is -0.457 e. The fraction of sp³-hybridized carbons (Fsp3) is 0.361. The first kappa shape index (κ1) is 28.3. The van der Waals surface area contributed by atoms with Gasteiger partial charge < -0.3 is 25.0 Å². The molecule has 0 unspecified atom stereocenters. The van der Waals surface area contributed by atoms with Crippen molar-refractivity contribution in [3.05, 3.63) is 103 Å². The van der Waals surface area contributed by atoms with Gasteiger partial charge in [-0.3, -0.25) is 14.4 Å². The number of rotatable bonds is 9. The summed E-state index contributed by atoms with van der Waals surface area (Å²) in [6, 6.07) is 25.8. The van der Waals surface area contributed by atoms with Crippen LogP contribution in [0, 0.1) is 11.8 Å². The van der Waals surface area contributed by atoms with E-state index in [0.29, 0.717) is 24.4 Å². The molecule has 3 amide bonds. The Balaban J connectivity index is 1.11. The summed E-state index contributed by atoms with van der Waals surface area (Å²) in [6.07, 6.45) is 8.96. The van der Waals surface area contributed by atoms with E-state index >= 15 is 0 Å². The van der Waals surface area contributed by atoms with E-state index in [0.717, 1.165) is 37.0 Å². The molecule has 2 N–H and O–H groups in total. The molecule has 3 aliphatic heterocycles. The van der Waals surface area contributed by atoms with Crippen molar-refractivity contribution in [3.63, 3.8) is 0 Å². The van der Waals surface area contributed by atoms with Gasteiger partial charge in [0.2, 0.25) is 17.7 Å². The summed E-state index contributed by atoms with van der Waals surface area (Å²) < 4.78 is 12.4. The number of nitrogens with one attached hydrogen (secondary N) is 2. The van der Waals surface area contributed by atoms with Gasteiger partial charge in [0.05, 0.1) is 17.9 Å². The van der Waals surface area contributed by atoms with Crippen molar-refractivity contribution in [2.24, 2.45) is 11.8 Å². The highest BCUT2D eigenvalue weighted by atomic mass is 16.5. The van der Waals surface area contributed by atoms with E-state index < -0.39 is 29.6 Å². The van der Waals surface area contributed by atoms with Gasteiger partial charge in [0, 0.05) is 18.3 Å². The van der Waals surface area contributed by atoms with Crippen molar-refractivity contribution in [2.75, 3.05) is 11.9 Å². The highest BCUT2D eigenvalue weighted by molar-refractivity contribution is 6.02. The van der Waals surface area contributed by atoms with Gasteiger partial charge in [0.25, 0.3) is 0 Å². The molecule has 3 aromatic rings. The number of carbonyl (C=O) groups excluding carboxylic acids is 3. The van der Waals surface area contributed by atoms with Gasteiger partial charge >= 0.3 is 0 Å². The topological polar surface area (TPSA) is 97.0 Å². The predicted octanol–water partition coefficient (Wildman–Crippen LogP) is 5.26. The summed E-state index contributed by atoms with van der Waals surface area (Å²) in [5, 5.41) is 6.24. The summed E-state index contributed by atoms with van der Waals surface area (Å²) in [7, 11) is 0. The smallest absolute Gasteiger partial charge is 0.246 e. The number of carbonyl (C=O) groups is 3. The third kappa shape index (κ3) is 5.28. The molecule has 3 heterocycles. The number of likely N-dealkylation sites (tertiary alicyclic amines) is 1. The van der Waals surface area contributed by atoms with E-state index in [4.69, 9.17) is 9.47 Å². The maximum Gasteiger partial charge on any atom is 0.246 e. The van der Waals surface area contributed by atoms with E-state index in [1.54, 1.807) is 29.2 Å². The zero-order chi connectivity index (χ0) is 30.1. The van der Waals surface area contributed by atoms with Crippen LogP contribution >= 0.6 is 0 Å². The molecule has 7 rings (SSSR count). The van der Waals surface area contributed by atoms with Crippen molar-refractivity contribution in [1.82, 2.24) is 10.2 Å². The van der Waals surface area contributed by atoms with Gasteiger partial charge in [-0.2, -0.15) is 0 Å². The zero-order valence-corrected chi connectivity index (χ0v) is 24.6. The van der Waals surface area contributed by atoms with E-state index in [1.165, 1.54) is 6.42 Å². The average molecular weight is 592 g/mol. The summed E-state index contributed by atoms with van der Waals surface area (Å²) in [5.74, 6) is -0.863. The number of benzene rings is 3. The average Bonchev–Trinajstić information content (AvgIpc) is 3.69. The molecule has 3 fully saturated rings. The molecular formula is C36H37N3O5. The van der Waals surface area contributed by atoms with Crippen LogP contribution in [0.4, 0.5) is 5.69 Å². The van der Waals surface area contributed by atoms with E-state index in [-0.39, 0.29) is 23.8 Å². The molecule has 1 aliphatic carbocycles. The Bertz CT molecular complexity index is 1540. The van der Waals surface area contributed by atoms with Gasteiger partial charge in [-0.15, -0.1) is 0 Å². The van der Waals surface area contributed by atoms with Crippen LogP contribution in [0.3, 0.4) is 0 Å². The number of hydrogen-bond acceptors (Lipinski definition) is 5. The second-order valence-electron chi connectivity index (χ2n) is 12.2. The Morgan fingerprint density at radius 3 is 2.27 bits per heavy atom. The molecule has 2 bridgehead atoms. The summed E-state index contributed by atoms with van der Waals surface area (Å²) >= 11 is 0. The number of anilines is 1. The number of nitrogens with zero attached hydrogens (tertiary/aromatic N) is 1. The fourth-order valence-corrected chi connectivity index (χ4v) is 7.39. The maximum absolute atomic E-state index is 14.2. The first-order valence-electron chi connectivity index (χ1n) is 15.7. The minimum atomic E-state index is -1.17. The lowest BCUT2D eigenvalue weighted by Crippen LogP contribution is -2.56. The maximum atomic E-state index is 14.2. The number of para-hydroxylation sites is 1. The monoisotopic (exact) mass is 591 g/mol. The normalized spacial score (nSPS) is 27.3. The van der Waals surface area contributed by atoms with Gasteiger partial charge in [-0.1, -0.05) is 79.9 Å². The number of ether oxygens (including phenoxy) is 2. The molecule has 226 valence electrons. The quantitative estimate of drug-likeness (QED) is 0.331. The lowest BCUT2D eigenvalue weighted by atomic mass is 9.74. The molecule has 1 spiro atoms. The SMILES string of the molecule is O=C(Nc1ccc(Oc2ccccc2)cc1)[C@@H]1[C@H]2C=C[C@@]3(O2)[C@H]1C(=O)N(CCc1ccccc1)[C@@H]3C(=O)NC1CCCCC1. The van der Waals surface area contributed by atoms with Crippen LogP contribution in [0.1, 0.15) is 37.7 Å². The molecular weight excluding hydrogens is 554 g/mol. The highest BCUT2D eigenvalue weighted by Crippen LogP contribution is 2.55. The second kappa shape index (κ2) is 11.9. The first-order chi connectivity index (χ1) is 21.5. The standard InChI is InChI=1S/C36H37N3O5/c40-33(37-26-16-18-28(19-17-26)43-27-14-8-3-9-15-27)30-29-20-22-36(44-29)31(30)35(42)39(23-21-24-10-4-1-5-11-24)32(36)34(41)38-25-12-6-2-7-13-25/h1,3-5,8-11,14-20,22,25,29-32H,2,6-7,12-13,21,23H2,(H,37,40)(H,38,41)/t29-,30-,31-,32-,36-/m1/s1. The van der Waals surface area contributed by atoms with Crippen molar-refractivity contribution >= 4 is 23.4 Å². The van der Waals surface area contributed by atoms with Crippen LogP contribution in [-0.2, 0) is 25.5 Å². The van der Waals surface area contributed by atoms with Crippen LogP contribution in [0.5, 0.6) is 11.5 Å². The summed E-state index contributed by atoms with van der Waals surface area (Å²) in [4.78, 5) is 43.7. The molecule has 2 saturated heterocycles. The van der Waals surface area contributed by atoms with Gasteiger partial charge in [-0.05, 0) is 61.2 Å². The van der Waals surface area contributed by atoms with Gasteiger partial charge in [0.1, 0.15) is 23.1 Å². The van der Waals surface area contributed by atoms with E-state index in [1.807, 2.05) is 72.8 Å². The Morgan fingerprint density at radius 1 is 0.864 bits per heavy atom.